The molecule has 0 saturated carbocycles. The first kappa shape index (κ1) is 21.8. The van der Waals surface area contributed by atoms with Crippen molar-refractivity contribution in [3.8, 4) is 17.2 Å². The van der Waals surface area contributed by atoms with Crippen molar-refractivity contribution < 1.29 is 14.2 Å². The van der Waals surface area contributed by atoms with E-state index in [4.69, 9.17) is 25.8 Å². The summed E-state index contributed by atoms with van der Waals surface area (Å²) in [5.74, 6) is 2.37. The van der Waals surface area contributed by atoms with Crippen molar-refractivity contribution in [2.24, 2.45) is 0 Å². The summed E-state index contributed by atoms with van der Waals surface area (Å²) in [6.07, 6.45) is 0.935. The maximum atomic E-state index is 6.29. The van der Waals surface area contributed by atoms with Gasteiger partial charge in [0.25, 0.3) is 0 Å². The second-order valence-corrected chi connectivity index (χ2v) is 7.54. The summed E-state index contributed by atoms with van der Waals surface area (Å²) in [6, 6.07) is 9.93. The predicted molar refractivity (Wildman–Crippen MR) is 118 cm³/mol. The highest BCUT2D eigenvalue weighted by atomic mass is 35.5. The Bertz CT molecular complexity index is 824. The Hall–Kier alpha value is -1.95. The van der Waals surface area contributed by atoms with Gasteiger partial charge in [-0.15, -0.1) is 0 Å². The minimum Gasteiger partial charge on any atom is -0.496 e. The Morgan fingerprint density at radius 2 is 1.76 bits per heavy atom. The largest absolute Gasteiger partial charge is 0.496 e. The lowest BCUT2D eigenvalue weighted by molar-refractivity contribution is 0.217. The Labute approximate surface area is 178 Å². The van der Waals surface area contributed by atoms with Crippen molar-refractivity contribution in [3.05, 3.63) is 52.0 Å². The van der Waals surface area contributed by atoms with Gasteiger partial charge in [-0.3, -0.25) is 0 Å². The van der Waals surface area contributed by atoms with E-state index in [1.807, 2.05) is 18.2 Å². The van der Waals surface area contributed by atoms with E-state index in [0.29, 0.717) is 11.6 Å². The van der Waals surface area contributed by atoms with E-state index in [2.05, 4.69) is 36.2 Å². The summed E-state index contributed by atoms with van der Waals surface area (Å²) >= 11 is 6.29. The van der Waals surface area contributed by atoms with Gasteiger partial charge in [0.15, 0.2) is 11.5 Å². The number of rotatable bonds is 9. The first-order chi connectivity index (χ1) is 14.1. The highest BCUT2D eigenvalue weighted by Crippen LogP contribution is 2.40. The number of hydrogen-bond acceptors (Lipinski definition) is 5. The van der Waals surface area contributed by atoms with Crippen LogP contribution < -0.4 is 19.5 Å². The van der Waals surface area contributed by atoms with Crippen LogP contribution in [0.1, 0.15) is 36.6 Å². The maximum absolute atomic E-state index is 6.29. The molecule has 6 heteroatoms. The van der Waals surface area contributed by atoms with Gasteiger partial charge in [-0.25, -0.2) is 0 Å². The van der Waals surface area contributed by atoms with E-state index < -0.39 is 0 Å². The van der Waals surface area contributed by atoms with Gasteiger partial charge in [0, 0.05) is 23.7 Å². The second-order valence-electron chi connectivity index (χ2n) is 7.10. The number of likely N-dealkylation sites (N-methyl/N-ethyl adjacent to an activating group) is 1. The normalized spacial score (nSPS) is 15.9. The first-order valence-electron chi connectivity index (χ1n) is 10.2. The van der Waals surface area contributed by atoms with E-state index >= 15 is 0 Å². The number of ether oxygens (including phenoxy) is 3. The molecular weight excluding hydrogens is 388 g/mol. The fourth-order valence-electron chi connectivity index (χ4n) is 3.87. The number of nitrogens with zero attached hydrogens (tertiary/aromatic N) is 1. The van der Waals surface area contributed by atoms with Crippen molar-refractivity contribution in [2.45, 2.75) is 26.3 Å². The molecule has 2 aromatic carbocycles. The van der Waals surface area contributed by atoms with Crippen LogP contribution in [0.3, 0.4) is 0 Å². The van der Waals surface area contributed by atoms with Gasteiger partial charge in [0.05, 0.1) is 20.3 Å². The molecule has 29 heavy (non-hydrogen) atoms. The molecule has 0 amide bonds. The summed E-state index contributed by atoms with van der Waals surface area (Å²) in [4.78, 5) is 2.34. The van der Waals surface area contributed by atoms with Gasteiger partial charge in [-0.1, -0.05) is 25.4 Å². The number of methoxy groups -OCH3 is 2. The zero-order valence-corrected chi connectivity index (χ0v) is 18.5. The van der Waals surface area contributed by atoms with Gasteiger partial charge in [-0.05, 0) is 61.0 Å². The first-order valence-corrected chi connectivity index (χ1v) is 10.6. The molecule has 0 spiro atoms. The van der Waals surface area contributed by atoms with Crippen LogP contribution in [0.15, 0.2) is 30.3 Å². The highest BCUT2D eigenvalue weighted by Gasteiger charge is 2.26. The lowest BCUT2D eigenvalue weighted by Gasteiger charge is -2.30. The highest BCUT2D eigenvalue weighted by molar-refractivity contribution is 6.30. The van der Waals surface area contributed by atoms with Crippen LogP contribution in [0.25, 0.3) is 0 Å². The van der Waals surface area contributed by atoms with Crippen LogP contribution in [0.5, 0.6) is 17.2 Å². The number of hydrogen-bond donors (Lipinski definition) is 1. The lowest BCUT2D eigenvalue weighted by Crippen LogP contribution is -2.31. The number of halogens is 1. The molecule has 1 unspecified atom stereocenters. The van der Waals surface area contributed by atoms with Crippen LogP contribution in [0.2, 0.25) is 5.02 Å². The van der Waals surface area contributed by atoms with E-state index in [1.165, 1.54) is 11.1 Å². The quantitative estimate of drug-likeness (QED) is 0.657. The van der Waals surface area contributed by atoms with E-state index in [1.54, 1.807) is 14.2 Å². The number of fused-ring (bicyclic) bond motifs is 1. The molecule has 0 aliphatic carbocycles. The smallest absolute Gasteiger partial charge is 0.161 e. The van der Waals surface area contributed by atoms with E-state index in [9.17, 15) is 0 Å². The number of nitrogens with one attached hydrogen (secondary N) is 1. The summed E-state index contributed by atoms with van der Waals surface area (Å²) in [7, 11) is 3.38. The molecule has 0 bridgehead atoms. The molecule has 0 saturated heterocycles. The molecule has 1 N–H and O–H groups in total. The van der Waals surface area contributed by atoms with E-state index in [0.717, 1.165) is 55.4 Å². The molecule has 0 fully saturated rings. The van der Waals surface area contributed by atoms with Gasteiger partial charge < -0.3 is 24.4 Å². The van der Waals surface area contributed by atoms with Crippen molar-refractivity contribution >= 4 is 11.6 Å². The Morgan fingerprint density at radius 1 is 1.00 bits per heavy atom. The third-order valence-electron chi connectivity index (χ3n) is 5.54. The van der Waals surface area contributed by atoms with Gasteiger partial charge in [-0.2, -0.15) is 0 Å². The average Bonchev–Trinajstić information content (AvgIpc) is 2.75. The van der Waals surface area contributed by atoms with Crippen LogP contribution in [0, 0.1) is 0 Å². The number of benzene rings is 2. The molecule has 158 valence electrons. The fourth-order valence-corrected chi connectivity index (χ4v) is 4.05. The molecule has 3 rings (SSSR count). The third kappa shape index (κ3) is 4.97. The third-order valence-corrected chi connectivity index (χ3v) is 5.78. The van der Waals surface area contributed by atoms with E-state index in [-0.39, 0.29) is 6.04 Å². The van der Waals surface area contributed by atoms with Crippen molar-refractivity contribution in [1.29, 1.82) is 0 Å². The van der Waals surface area contributed by atoms with Crippen LogP contribution in [-0.2, 0) is 6.42 Å². The SMILES string of the molecule is CCN(CC)CCOc1cc2c(cc1OC)CCNC2c1cc(Cl)ccc1OC. The summed E-state index contributed by atoms with van der Waals surface area (Å²) in [6.45, 7) is 8.74. The molecule has 0 aromatic heterocycles. The molecular formula is C23H31ClN2O3. The van der Waals surface area contributed by atoms with Crippen molar-refractivity contribution in [2.75, 3.05) is 47.0 Å². The Kier molecular flexibility index (Phi) is 7.64. The summed E-state index contributed by atoms with van der Waals surface area (Å²) in [5.41, 5.74) is 3.46. The Morgan fingerprint density at radius 3 is 2.45 bits per heavy atom. The molecule has 0 radical (unpaired) electrons. The molecule has 1 aliphatic rings. The summed E-state index contributed by atoms with van der Waals surface area (Å²) < 4.78 is 17.4. The average molecular weight is 419 g/mol. The monoisotopic (exact) mass is 418 g/mol. The predicted octanol–water partition coefficient (Wildman–Crippen LogP) is 4.31. The zero-order valence-electron chi connectivity index (χ0n) is 17.8. The minimum absolute atomic E-state index is 0.0107. The fraction of sp³-hybridized carbons (Fsp3) is 0.478. The molecule has 1 atom stereocenters. The molecule has 5 nitrogen and oxygen atoms in total. The van der Waals surface area contributed by atoms with Gasteiger partial charge in [0.2, 0.25) is 0 Å². The maximum Gasteiger partial charge on any atom is 0.161 e. The van der Waals surface area contributed by atoms with Crippen molar-refractivity contribution in [3.63, 3.8) is 0 Å². The van der Waals surface area contributed by atoms with Crippen LogP contribution >= 0.6 is 11.6 Å². The lowest BCUT2D eigenvalue weighted by atomic mass is 9.89. The van der Waals surface area contributed by atoms with Crippen LogP contribution in [0.4, 0.5) is 0 Å². The van der Waals surface area contributed by atoms with Crippen molar-refractivity contribution in [1.82, 2.24) is 10.2 Å². The molecule has 1 aliphatic heterocycles. The van der Waals surface area contributed by atoms with Gasteiger partial charge in [0.1, 0.15) is 12.4 Å². The zero-order chi connectivity index (χ0) is 20.8. The molecule has 1 heterocycles. The summed E-state index contributed by atoms with van der Waals surface area (Å²) in [5, 5.41) is 4.30. The second kappa shape index (κ2) is 10.2. The molecule has 2 aromatic rings. The Balaban J connectivity index is 1.93. The minimum atomic E-state index is -0.0107. The standard InChI is InChI=1S/C23H31ClN2O3/c1-5-26(6-2)11-12-29-22-15-18-16(13-21(22)28-4)9-10-25-23(18)19-14-17(24)7-8-20(19)27-3/h7-8,13-15,23,25H,5-6,9-12H2,1-4H3. The topological polar surface area (TPSA) is 43.0 Å². The van der Waals surface area contributed by atoms with Crippen LogP contribution in [-0.4, -0.2) is 51.9 Å². The van der Waals surface area contributed by atoms with Gasteiger partial charge >= 0.3 is 0 Å².